The molecule has 3 unspecified atom stereocenters. The second-order valence-electron chi connectivity index (χ2n) is 8.18. The molecule has 3 atom stereocenters. The summed E-state index contributed by atoms with van der Waals surface area (Å²) in [4.78, 5) is 48.0. The maximum atomic E-state index is 13.8. The number of hydroxylamine groups is 1. The molecule has 5 rings (SSSR count). The van der Waals surface area contributed by atoms with Crippen LogP contribution < -0.4 is 9.96 Å². The van der Waals surface area contributed by atoms with Crippen LogP contribution in [0.2, 0.25) is 5.02 Å². The van der Waals surface area contributed by atoms with Crippen LogP contribution in [0.3, 0.4) is 0 Å². The molecule has 7 nitrogen and oxygen atoms in total. The van der Waals surface area contributed by atoms with E-state index in [0.29, 0.717) is 16.3 Å². The fraction of sp³-hybridized carbons (Fsp3) is 0.240. The standard InChI is InChI=1S/C25H21ClN2O5S/c1-13-14(2)34-24(18(13)25(31)32-3)27-22(29)19-20(15-7-5-4-6-8-15)28(33-21(19)23(27)30)17-11-9-16(26)10-12-17/h4-12,19-21H,1-3H3. The fourth-order valence-corrected chi connectivity index (χ4v) is 5.81. The molecule has 2 fully saturated rings. The molecular weight excluding hydrogens is 476 g/mol. The van der Waals surface area contributed by atoms with E-state index in [0.717, 1.165) is 15.3 Å². The zero-order valence-electron chi connectivity index (χ0n) is 18.7. The van der Waals surface area contributed by atoms with Gasteiger partial charge in [-0.1, -0.05) is 41.9 Å². The first-order chi connectivity index (χ1) is 16.3. The minimum atomic E-state index is -1.03. The van der Waals surface area contributed by atoms with Gasteiger partial charge in [-0.3, -0.25) is 14.4 Å². The summed E-state index contributed by atoms with van der Waals surface area (Å²) in [5.74, 6) is -2.29. The lowest BCUT2D eigenvalue weighted by atomic mass is 9.90. The monoisotopic (exact) mass is 496 g/mol. The van der Waals surface area contributed by atoms with Gasteiger partial charge in [-0.2, -0.15) is 0 Å². The van der Waals surface area contributed by atoms with Crippen molar-refractivity contribution in [2.24, 2.45) is 5.92 Å². The van der Waals surface area contributed by atoms with E-state index in [-0.39, 0.29) is 10.6 Å². The van der Waals surface area contributed by atoms with E-state index in [1.54, 1.807) is 36.3 Å². The van der Waals surface area contributed by atoms with Crippen LogP contribution in [0.5, 0.6) is 0 Å². The molecule has 2 aliphatic heterocycles. The number of thiophene rings is 1. The molecule has 3 aromatic rings. The summed E-state index contributed by atoms with van der Waals surface area (Å²) in [5, 5.41) is 2.46. The van der Waals surface area contributed by atoms with Crippen molar-refractivity contribution in [1.82, 2.24) is 0 Å². The molecule has 0 radical (unpaired) electrons. The Morgan fingerprint density at radius 1 is 1.03 bits per heavy atom. The number of fused-ring (bicyclic) bond motifs is 1. The van der Waals surface area contributed by atoms with Gasteiger partial charge >= 0.3 is 5.97 Å². The summed E-state index contributed by atoms with van der Waals surface area (Å²) >= 11 is 7.28. The van der Waals surface area contributed by atoms with Crippen molar-refractivity contribution in [3.8, 4) is 0 Å². The molecular formula is C25H21ClN2O5S. The lowest BCUT2D eigenvalue weighted by molar-refractivity contribution is -0.126. The number of aryl methyl sites for hydroxylation is 1. The average Bonchev–Trinajstić information content (AvgIpc) is 3.45. The largest absolute Gasteiger partial charge is 0.465 e. The Morgan fingerprint density at radius 2 is 1.71 bits per heavy atom. The Bertz CT molecular complexity index is 1290. The summed E-state index contributed by atoms with van der Waals surface area (Å²) in [5.41, 5.74) is 2.43. The highest BCUT2D eigenvalue weighted by Crippen LogP contribution is 2.49. The van der Waals surface area contributed by atoms with Crippen LogP contribution in [-0.4, -0.2) is 31.0 Å². The summed E-state index contributed by atoms with van der Waals surface area (Å²) in [6.45, 7) is 3.62. The van der Waals surface area contributed by atoms with Crippen molar-refractivity contribution in [2.75, 3.05) is 17.1 Å². The zero-order chi connectivity index (χ0) is 24.1. The van der Waals surface area contributed by atoms with Gasteiger partial charge in [0.2, 0.25) is 5.91 Å². The van der Waals surface area contributed by atoms with Crippen LogP contribution >= 0.6 is 22.9 Å². The Balaban J connectivity index is 1.60. The van der Waals surface area contributed by atoms with E-state index < -0.39 is 35.8 Å². The number of imide groups is 1. The van der Waals surface area contributed by atoms with Gasteiger partial charge < -0.3 is 4.74 Å². The first kappa shape index (κ1) is 22.6. The number of ether oxygens (including phenoxy) is 1. The summed E-state index contributed by atoms with van der Waals surface area (Å²) < 4.78 is 4.94. The second-order valence-corrected chi connectivity index (χ2v) is 9.82. The molecule has 174 valence electrons. The number of carbonyl (C=O) groups excluding carboxylic acids is 3. The topological polar surface area (TPSA) is 76.2 Å². The quantitative estimate of drug-likeness (QED) is 0.379. The normalized spacial score (nSPS) is 21.8. The van der Waals surface area contributed by atoms with Gasteiger partial charge in [0, 0.05) is 9.90 Å². The van der Waals surface area contributed by atoms with E-state index in [9.17, 15) is 14.4 Å². The van der Waals surface area contributed by atoms with Crippen molar-refractivity contribution in [2.45, 2.75) is 26.0 Å². The molecule has 0 bridgehead atoms. The fourth-order valence-electron chi connectivity index (χ4n) is 4.52. The molecule has 0 N–H and O–H groups in total. The summed E-state index contributed by atoms with van der Waals surface area (Å²) in [7, 11) is 1.28. The van der Waals surface area contributed by atoms with Crippen molar-refractivity contribution in [1.29, 1.82) is 0 Å². The van der Waals surface area contributed by atoms with Crippen molar-refractivity contribution >= 4 is 51.4 Å². The third kappa shape index (κ3) is 3.41. The number of esters is 1. The Hall–Kier alpha value is -3.20. The van der Waals surface area contributed by atoms with Crippen molar-refractivity contribution in [3.63, 3.8) is 0 Å². The number of hydrogen-bond donors (Lipinski definition) is 0. The van der Waals surface area contributed by atoms with Crippen LogP contribution in [0, 0.1) is 19.8 Å². The number of rotatable bonds is 4. The van der Waals surface area contributed by atoms with Gasteiger partial charge in [-0.05, 0) is 49.2 Å². The molecule has 9 heteroatoms. The molecule has 2 saturated heterocycles. The number of carbonyl (C=O) groups is 3. The number of methoxy groups -OCH3 is 1. The molecule has 1 aromatic heterocycles. The van der Waals surface area contributed by atoms with Crippen LogP contribution in [0.15, 0.2) is 54.6 Å². The predicted octanol–water partition coefficient (Wildman–Crippen LogP) is 4.86. The maximum Gasteiger partial charge on any atom is 0.341 e. The second kappa shape index (κ2) is 8.54. The number of anilines is 2. The summed E-state index contributed by atoms with van der Waals surface area (Å²) in [6.07, 6.45) is -1.03. The minimum absolute atomic E-state index is 0.234. The molecule has 0 aliphatic carbocycles. The Labute approximate surface area is 205 Å². The smallest absolute Gasteiger partial charge is 0.341 e. The number of nitrogens with zero attached hydrogens (tertiary/aromatic N) is 2. The van der Waals surface area contributed by atoms with Crippen molar-refractivity contribution in [3.05, 3.63) is 81.2 Å². The van der Waals surface area contributed by atoms with E-state index in [4.69, 9.17) is 21.2 Å². The van der Waals surface area contributed by atoms with Gasteiger partial charge in [0.25, 0.3) is 5.91 Å². The first-order valence-corrected chi connectivity index (χ1v) is 11.9. The van der Waals surface area contributed by atoms with Crippen LogP contribution in [-0.2, 0) is 19.2 Å². The van der Waals surface area contributed by atoms with Gasteiger partial charge in [-0.25, -0.2) is 14.8 Å². The number of amides is 2. The number of halogens is 1. The molecule has 34 heavy (non-hydrogen) atoms. The Kier molecular flexibility index (Phi) is 5.67. The summed E-state index contributed by atoms with van der Waals surface area (Å²) in [6, 6.07) is 15.9. The number of hydrogen-bond acceptors (Lipinski definition) is 7. The number of benzene rings is 2. The third-order valence-corrected chi connectivity index (χ3v) is 7.74. The highest BCUT2D eigenvalue weighted by atomic mass is 35.5. The lowest BCUT2D eigenvalue weighted by Gasteiger charge is -2.28. The molecule has 3 heterocycles. The van der Waals surface area contributed by atoms with Gasteiger partial charge in [0.15, 0.2) is 6.10 Å². The van der Waals surface area contributed by atoms with Crippen LogP contribution in [0.25, 0.3) is 0 Å². The van der Waals surface area contributed by atoms with E-state index >= 15 is 0 Å². The molecule has 0 spiro atoms. The minimum Gasteiger partial charge on any atom is -0.465 e. The van der Waals surface area contributed by atoms with E-state index in [2.05, 4.69) is 0 Å². The lowest BCUT2D eigenvalue weighted by Crippen LogP contribution is -2.37. The highest BCUT2D eigenvalue weighted by molar-refractivity contribution is 7.17. The molecule has 0 saturated carbocycles. The van der Waals surface area contributed by atoms with Crippen LogP contribution in [0.4, 0.5) is 10.7 Å². The maximum absolute atomic E-state index is 13.8. The first-order valence-electron chi connectivity index (χ1n) is 10.7. The molecule has 2 amide bonds. The van der Waals surface area contributed by atoms with Gasteiger partial charge in [0.05, 0.1) is 24.4 Å². The van der Waals surface area contributed by atoms with Crippen molar-refractivity contribution < 1.29 is 24.0 Å². The van der Waals surface area contributed by atoms with Gasteiger partial charge in [-0.15, -0.1) is 11.3 Å². The Morgan fingerprint density at radius 3 is 2.35 bits per heavy atom. The van der Waals surface area contributed by atoms with E-state index in [1.807, 2.05) is 37.3 Å². The van der Waals surface area contributed by atoms with Crippen LogP contribution in [0.1, 0.15) is 32.4 Å². The predicted molar refractivity (Wildman–Crippen MR) is 129 cm³/mol. The van der Waals surface area contributed by atoms with Gasteiger partial charge in [0.1, 0.15) is 10.9 Å². The molecule has 2 aliphatic rings. The SMILES string of the molecule is COC(=O)c1c(N2C(=O)C3ON(c4ccc(Cl)cc4)C(c4ccccc4)C3C2=O)sc(C)c1C. The van der Waals surface area contributed by atoms with E-state index in [1.165, 1.54) is 18.4 Å². The average molecular weight is 497 g/mol. The highest BCUT2D eigenvalue weighted by Gasteiger charge is 2.61. The third-order valence-electron chi connectivity index (χ3n) is 6.30. The molecule has 2 aromatic carbocycles. The zero-order valence-corrected chi connectivity index (χ0v) is 20.2.